The number of cyclic esters (lactones) is 4. The molecule has 2 saturated heterocycles. The number of carbonyl (C=O) groups is 4. The highest BCUT2D eigenvalue weighted by Gasteiger charge is 2.76. The monoisotopic (exact) mass is 352 g/mol. The van der Waals surface area contributed by atoms with Gasteiger partial charge in [0.05, 0.1) is 0 Å². The maximum absolute atomic E-state index is 12.5. The fourth-order valence-corrected chi connectivity index (χ4v) is 2.05. The molecule has 0 aromatic heterocycles. The number of rotatable bonds is 2. The van der Waals surface area contributed by atoms with E-state index in [9.17, 15) is 45.5 Å². The summed E-state index contributed by atoms with van der Waals surface area (Å²) in [6.07, 6.45) is -15.0. The summed E-state index contributed by atoms with van der Waals surface area (Å²) in [5, 5.41) is 0. The van der Waals surface area contributed by atoms with Crippen LogP contribution in [0.2, 0.25) is 0 Å². The van der Waals surface area contributed by atoms with Gasteiger partial charge in [-0.05, 0) is 0 Å². The van der Waals surface area contributed by atoms with Crippen molar-refractivity contribution in [1.29, 1.82) is 0 Å². The van der Waals surface area contributed by atoms with E-state index in [2.05, 4.69) is 18.9 Å². The number of halogens is 6. The molecule has 3 unspecified atom stereocenters. The Morgan fingerprint density at radius 1 is 0.826 bits per heavy atom. The number of fused-ring (bicyclic) bond motifs is 1. The molecule has 3 atom stereocenters. The molecule has 14 heteroatoms. The summed E-state index contributed by atoms with van der Waals surface area (Å²) in [6.45, 7) is 0. The number of hydrogen-bond donors (Lipinski definition) is 0. The van der Waals surface area contributed by atoms with Crippen LogP contribution in [0.3, 0.4) is 0 Å². The van der Waals surface area contributed by atoms with E-state index in [4.69, 9.17) is 0 Å². The Morgan fingerprint density at radius 3 is 1.83 bits per heavy atom. The first-order valence-corrected chi connectivity index (χ1v) is 5.31. The molecule has 0 aromatic carbocycles. The highest BCUT2D eigenvalue weighted by atomic mass is 19.4. The van der Waals surface area contributed by atoms with Crippen LogP contribution in [-0.2, 0) is 38.1 Å². The van der Waals surface area contributed by atoms with E-state index in [1.807, 2.05) is 0 Å². The molecule has 23 heavy (non-hydrogen) atoms. The van der Waals surface area contributed by atoms with Crippen LogP contribution in [0, 0.1) is 5.92 Å². The van der Waals surface area contributed by atoms with Gasteiger partial charge in [-0.3, -0.25) is 19.1 Å². The molecule has 0 bridgehead atoms. The summed E-state index contributed by atoms with van der Waals surface area (Å²) >= 11 is 0. The van der Waals surface area contributed by atoms with E-state index in [-0.39, 0.29) is 0 Å². The zero-order chi connectivity index (χ0) is 17.8. The smallest absolute Gasteiger partial charge is 0.390 e. The Labute approximate surface area is 120 Å². The zero-order valence-corrected chi connectivity index (χ0v) is 10.2. The number of esters is 4. The minimum absolute atomic E-state index is 1.98. The molecule has 2 heterocycles. The van der Waals surface area contributed by atoms with Gasteiger partial charge in [-0.1, -0.05) is 0 Å². The van der Waals surface area contributed by atoms with Crippen LogP contribution < -0.4 is 0 Å². The number of alkyl halides is 6. The summed E-state index contributed by atoms with van der Waals surface area (Å²) in [5.74, 6) is -11.6. The SMILES string of the molecule is O=C1OC(=O)C2C(=O)OC(=O)C2(OC(F)(F)F)C1OC(F)(F)F. The average molecular weight is 352 g/mol. The lowest BCUT2D eigenvalue weighted by atomic mass is 9.82. The Bertz CT molecular complexity index is 594. The first-order chi connectivity index (χ1) is 10.3. The maximum Gasteiger partial charge on any atom is 0.523 e. The number of hydrogen-bond acceptors (Lipinski definition) is 8. The van der Waals surface area contributed by atoms with Gasteiger partial charge in [0.25, 0.3) is 0 Å². The van der Waals surface area contributed by atoms with Crippen molar-refractivity contribution in [1.82, 2.24) is 0 Å². The van der Waals surface area contributed by atoms with Crippen molar-refractivity contribution in [3.8, 4) is 0 Å². The molecule has 0 aliphatic carbocycles. The standard InChI is InChI=1S/C9H2F6O8/c10-8(11,12)22-2-5(18)20-3(16)1-4(17)21-6(19)7(1,2)23-9(13,14)15/h1-2H. The lowest BCUT2D eigenvalue weighted by Crippen LogP contribution is -2.66. The molecular weight excluding hydrogens is 350 g/mol. The van der Waals surface area contributed by atoms with Crippen molar-refractivity contribution >= 4 is 23.9 Å². The molecule has 8 nitrogen and oxygen atoms in total. The van der Waals surface area contributed by atoms with Gasteiger partial charge in [-0.25, -0.2) is 9.59 Å². The minimum atomic E-state index is -5.83. The predicted molar refractivity (Wildman–Crippen MR) is 46.5 cm³/mol. The number of carbonyl (C=O) groups excluding carboxylic acids is 4. The zero-order valence-electron chi connectivity index (χ0n) is 10.2. The first-order valence-electron chi connectivity index (χ1n) is 5.31. The summed E-state index contributed by atoms with van der Waals surface area (Å²) in [6, 6.07) is 0. The van der Waals surface area contributed by atoms with Crippen LogP contribution in [0.15, 0.2) is 0 Å². The molecule has 0 saturated carbocycles. The second-order valence-corrected chi connectivity index (χ2v) is 4.17. The summed E-state index contributed by atoms with van der Waals surface area (Å²) in [7, 11) is 0. The Hall–Kier alpha value is -2.22. The lowest BCUT2D eigenvalue weighted by molar-refractivity contribution is -0.405. The molecule has 0 amide bonds. The van der Waals surface area contributed by atoms with Crippen LogP contribution in [0.25, 0.3) is 0 Å². The van der Waals surface area contributed by atoms with Gasteiger partial charge in [0.1, 0.15) is 0 Å². The van der Waals surface area contributed by atoms with E-state index >= 15 is 0 Å². The van der Waals surface area contributed by atoms with Crippen molar-refractivity contribution in [3.05, 3.63) is 0 Å². The van der Waals surface area contributed by atoms with Crippen LogP contribution >= 0.6 is 0 Å². The van der Waals surface area contributed by atoms with E-state index in [1.54, 1.807) is 0 Å². The van der Waals surface area contributed by atoms with E-state index in [0.29, 0.717) is 0 Å². The molecule has 0 N–H and O–H groups in total. The topological polar surface area (TPSA) is 105 Å². The minimum Gasteiger partial charge on any atom is -0.390 e. The van der Waals surface area contributed by atoms with Gasteiger partial charge < -0.3 is 9.47 Å². The van der Waals surface area contributed by atoms with Crippen LogP contribution in [0.1, 0.15) is 0 Å². The molecule has 128 valence electrons. The Balaban J connectivity index is 2.62. The van der Waals surface area contributed by atoms with Crippen LogP contribution in [-0.4, -0.2) is 48.3 Å². The van der Waals surface area contributed by atoms with E-state index in [1.165, 1.54) is 0 Å². The number of ether oxygens (including phenoxy) is 4. The molecule has 0 spiro atoms. The second-order valence-electron chi connectivity index (χ2n) is 4.17. The first kappa shape index (κ1) is 17.1. The highest BCUT2D eigenvalue weighted by molar-refractivity contribution is 6.17. The fraction of sp³-hybridized carbons (Fsp3) is 0.556. The van der Waals surface area contributed by atoms with E-state index in [0.717, 1.165) is 0 Å². The molecule has 0 aromatic rings. The third-order valence-electron chi connectivity index (χ3n) is 2.75. The van der Waals surface area contributed by atoms with Crippen LogP contribution in [0.5, 0.6) is 0 Å². The Morgan fingerprint density at radius 2 is 1.35 bits per heavy atom. The molecule has 2 fully saturated rings. The van der Waals surface area contributed by atoms with Gasteiger partial charge in [-0.15, -0.1) is 26.3 Å². The largest absolute Gasteiger partial charge is 0.523 e. The van der Waals surface area contributed by atoms with E-state index < -0.39 is 54.2 Å². The van der Waals surface area contributed by atoms with Crippen LogP contribution in [0.4, 0.5) is 26.3 Å². The molecule has 2 rings (SSSR count). The summed E-state index contributed by atoms with van der Waals surface area (Å²) < 4.78 is 88.2. The van der Waals surface area contributed by atoms with Crippen molar-refractivity contribution in [2.75, 3.05) is 0 Å². The fourth-order valence-electron chi connectivity index (χ4n) is 2.05. The van der Waals surface area contributed by atoms with Gasteiger partial charge in [0.15, 0.2) is 5.92 Å². The quantitative estimate of drug-likeness (QED) is 0.387. The highest BCUT2D eigenvalue weighted by Crippen LogP contribution is 2.45. The normalized spacial score (nSPS) is 31.7. The average Bonchev–Trinajstić information content (AvgIpc) is 2.54. The maximum atomic E-state index is 12.5. The molecule has 2 aliphatic heterocycles. The lowest BCUT2D eigenvalue weighted by Gasteiger charge is -2.37. The molecular formula is C9H2F6O8. The van der Waals surface area contributed by atoms with Crippen molar-refractivity contribution in [3.63, 3.8) is 0 Å². The predicted octanol–water partition coefficient (Wildman–Crippen LogP) is -0.0504. The van der Waals surface area contributed by atoms with Crippen molar-refractivity contribution in [2.45, 2.75) is 24.4 Å². The second kappa shape index (κ2) is 4.89. The van der Waals surface area contributed by atoms with Gasteiger partial charge in [-0.2, -0.15) is 0 Å². The van der Waals surface area contributed by atoms with Gasteiger partial charge in [0.2, 0.25) is 11.7 Å². The Kier molecular flexibility index (Phi) is 3.64. The van der Waals surface area contributed by atoms with Crippen molar-refractivity contribution in [2.24, 2.45) is 5.92 Å². The molecule has 0 radical (unpaired) electrons. The third kappa shape index (κ3) is 2.86. The summed E-state index contributed by atoms with van der Waals surface area (Å²) in [5.41, 5.74) is -4.03. The van der Waals surface area contributed by atoms with Gasteiger partial charge >= 0.3 is 36.6 Å². The third-order valence-corrected chi connectivity index (χ3v) is 2.75. The van der Waals surface area contributed by atoms with Gasteiger partial charge in [0, 0.05) is 0 Å². The molecule has 2 aliphatic rings. The van der Waals surface area contributed by atoms with Crippen molar-refractivity contribution < 1.29 is 64.5 Å². The summed E-state index contributed by atoms with van der Waals surface area (Å²) in [4.78, 5) is 45.5.